The van der Waals surface area contributed by atoms with E-state index in [0.717, 1.165) is 12.0 Å². The molecule has 1 atom stereocenters. The number of likely N-dealkylation sites (tertiary alicyclic amines) is 2. The predicted molar refractivity (Wildman–Crippen MR) is 98.9 cm³/mol. The van der Waals surface area contributed by atoms with Gasteiger partial charge in [-0.15, -0.1) is 0 Å². The molecular formula is C20H26FN3O4. The number of carbonyl (C=O) groups excluding carboxylic acids is 2. The second-order valence-electron chi connectivity index (χ2n) is 8.19. The molecule has 28 heavy (non-hydrogen) atoms. The summed E-state index contributed by atoms with van der Waals surface area (Å²) in [4.78, 5) is 28.1. The van der Waals surface area contributed by atoms with E-state index in [2.05, 4.69) is 10.2 Å². The monoisotopic (exact) mass is 391 g/mol. The van der Waals surface area contributed by atoms with E-state index in [1.54, 1.807) is 17.0 Å². The molecule has 0 unspecified atom stereocenters. The molecule has 0 aliphatic carbocycles. The highest BCUT2D eigenvalue weighted by molar-refractivity contribution is 5.86. The van der Waals surface area contributed by atoms with Crippen molar-refractivity contribution < 1.29 is 23.8 Å². The van der Waals surface area contributed by atoms with E-state index in [-0.39, 0.29) is 24.4 Å². The molecule has 1 spiro atoms. The molecule has 3 saturated heterocycles. The molecule has 3 heterocycles. The average molecular weight is 391 g/mol. The van der Waals surface area contributed by atoms with Crippen LogP contribution in [-0.2, 0) is 16.1 Å². The zero-order valence-electron chi connectivity index (χ0n) is 15.8. The maximum atomic E-state index is 13.1. The van der Waals surface area contributed by atoms with Crippen LogP contribution < -0.4 is 5.32 Å². The summed E-state index contributed by atoms with van der Waals surface area (Å²) in [5, 5.41) is 13.8. The minimum Gasteiger partial charge on any atom is -0.441 e. The van der Waals surface area contributed by atoms with Crippen LogP contribution in [0.4, 0.5) is 9.18 Å². The molecule has 8 heteroatoms. The van der Waals surface area contributed by atoms with Crippen molar-refractivity contribution in [3.05, 3.63) is 35.6 Å². The Hall–Kier alpha value is -2.19. The Morgan fingerprint density at radius 3 is 2.46 bits per heavy atom. The number of β-amino-alcohol motifs (C(OH)–C–C–N with tert-alkyl or cyclic N) is 1. The number of piperidine rings is 2. The topological polar surface area (TPSA) is 82.1 Å². The number of carbonyl (C=O) groups is 2. The lowest BCUT2D eigenvalue weighted by Crippen LogP contribution is -2.60. The van der Waals surface area contributed by atoms with Gasteiger partial charge in [0.05, 0.1) is 6.54 Å². The number of alkyl carbamates (subject to hydrolysis) is 1. The maximum Gasteiger partial charge on any atom is 0.407 e. The molecule has 0 saturated carbocycles. The number of amides is 2. The third-order valence-electron chi connectivity index (χ3n) is 6.11. The molecule has 1 aromatic carbocycles. The molecule has 2 amide bonds. The van der Waals surface area contributed by atoms with Gasteiger partial charge in [-0.1, -0.05) is 12.1 Å². The Labute approximate surface area is 163 Å². The van der Waals surface area contributed by atoms with E-state index >= 15 is 0 Å². The third-order valence-corrected chi connectivity index (χ3v) is 6.11. The summed E-state index contributed by atoms with van der Waals surface area (Å²) in [6.07, 6.45) is 2.17. The van der Waals surface area contributed by atoms with Gasteiger partial charge in [-0.25, -0.2) is 9.18 Å². The van der Waals surface area contributed by atoms with E-state index < -0.39 is 11.2 Å². The first-order chi connectivity index (χ1) is 13.4. The van der Waals surface area contributed by atoms with Crippen LogP contribution in [0, 0.1) is 5.82 Å². The van der Waals surface area contributed by atoms with Crippen molar-refractivity contribution in [3.63, 3.8) is 0 Å². The summed E-state index contributed by atoms with van der Waals surface area (Å²) in [5.74, 6) is -0.575. The van der Waals surface area contributed by atoms with Gasteiger partial charge in [0.1, 0.15) is 11.4 Å². The summed E-state index contributed by atoms with van der Waals surface area (Å²) < 4.78 is 18.5. The molecule has 3 aliphatic heterocycles. The maximum absolute atomic E-state index is 13.1. The number of rotatable bonds is 4. The number of nitrogens with zero attached hydrogens (tertiary/aromatic N) is 2. The lowest BCUT2D eigenvalue weighted by atomic mass is 9.87. The summed E-state index contributed by atoms with van der Waals surface area (Å²) in [6, 6.07) is 6.09. The molecule has 0 bridgehead atoms. The largest absolute Gasteiger partial charge is 0.441 e. The van der Waals surface area contributed by atoms with E-state index in [0.29, 0.717) is 52.0 Å². The fourth-order valence-corrected chi connectivity index (χ4v) is 4.44. The van der Waals surface area contributed by atoms with Gasteiger partial charge in [0.15, 0.2) is 5.60 Å². The number of ether oxygens (including phenoxy) is 1. The van der Waals surface area contributed by atoms with Crippen LogP contribution in [0.2, 0.25) is 0 Å². The highest BCUT2D eigenvalue weighted by Crippen LogP contribution is 2.32. The minimum atomic E-state index is -1.41. The lowest BCUT2D eigenvalue weighted by molar-refractivity contribution is -0.161. The Balaban J connectivity index is 1.36. The second kappa shape index (κ2) is 7.33. The highest BCUT2D eigenvalue weighted by Gasteiger charge is 2.47. The van der Waals surface area contributed by atoms with Crippen molar-refractivity contribution in [3.8, 4) is 0 Å². The van der Waals surface area contributed by atoms with Crippen molar-refractivity contribution in [1.29, 1.82) is 0 Å². The molecular weight excluding hydrogens is 365 g/mol. The quantitative estimate of drug-likeness (QED) is 0.808. The van der Waals surface area contributed by atoms with E-state index in [4.69, 9.17) is 4.74 Å². The summed E-state index contributed by atoms with van der Waals surface area (Å²) in [7, 11) is 0. The van der Waals surface area contributed by atoms with E-state index in [9.17, 15) is 19.1 Å². The Kier molecular flexibility index (Phi) is 5.01. The number of hydrogen-bond donors (Lipinski definition) is 2. The normalized spacial score (nSPS) is 27.7. The van der Waals surface area contributed by atoms with Gasteiger partial charge in [-0.3, -0.25) is 9.69 Å². The van der Waals surface area contributed by atoms with Gasteiger partial charge in [-0.2, -0.15) is 0 Å². The van der Waals surface area contributed by atoms with Gasteiger partial charge in [0.25, 0.3) is 5.91 Å². The summed E-state index contributed by atoms with van der Waals surface area (Å²) >= 11 is 0. The molecule has 3 fully saturated rings. The van der Waals surface area contributed by atoms with E-state index in [1.807, 2.05) is 0 Å². The van der Waals surface area contributed by atoms with Crippen LogP contribution in [0.3, 0.4) is 0 Å². The first-order valence-electron chi connectivity index (χ1n) is 9.83. The SMILES string of the molecule is O=C1NCC2(CCN(C[C@@]3(O)CCCN(Cc4ccc(F)cc4)C3=O)CC2)O1. The molecule has 3 aliphatic rings. The van der Waals surface area contributed by atoms with Crippen molar-refractivity contribution >= 4 is 12.0 Å². The van der Waals surface area contributed by atoms with Gasteiger partial charge < -0.3 is 20.1 Å². The molecule has 4 rings (SSSR count). The van der Waals surface area contributed by atoms with Crippen LogP contribution >= 0.6 is 0 Å². The Morgan fingerprint density at radius 2 is 1.82 bits per heavy atom. The fraction of sp³-hybridized carbons (Fsp3) is 0.600. The summed E-state index contributed by atoms with van der Waals surface area (Å²) in [5.41, 5.74) is -1.01. The van der Waals surface area contributed by atoms with Crippen LogP contribution in [0.5, 0.6) is 0 Å². The fourth-order valence-electron chi connectivity index (χ4n) is 4.44. The zero-order chi connectivity index (χ0) is 19.8. The van der Waals surface area contributed by atoms with Crippen molar-refractivity contribution in [2.45, 2.75) is 43.4 Å². The van der Waals surface area contributed by atoms with Crippen LogP contribution in [0.25, 0.3) is 0 Å². The van der Waals surface area contributed by atoms with Crippen molar-refractivity contribution in [2.24, 2.45) is 0 Å². The number of benzene rings is 1. The second-order valence-corrected chi connectivity index (χ2v) is 8.19. The predicted octanol–water partition coefficient (Wildman–Crippen LogP) is 1.25. The zero-order valence-corrected chi connectivity index (χ0v) is 15.8. The first-order valence-corrected chi connectivity index (χ1v) is 9.83. The standard InChI is InChI=1S/C20H26FN3O4/c21-16-4-2-15(3-5-16)12-24-9-1-6-20(27,17(24)25)14-23-10-7-19(8-11-23)13-22-18(26)28-19/h2-5,27H,1,6-14H2,(H,22,26)/t20-/m0/s1. The molecule has 7 nitrogen and oxygen atoms in total. The van der Waals surface area contributed by atoms with Crippen LogP contribution in [0.15, 0.2) is 24.3 Å². The summed E-state index contributed by atoms with van der Waals surface area (Å²) in [6.45, 7) is 3.10. The molecule has 0 radical (unpaired) electrons. The van der Waals surface area contributed by atoms with Crippen LogP contribution in [-0.4, -0.2) is 70.8 Å². The van der Waals surface area contributed by atoms with Crippen LogP contribution in [0.1, 0.15) is 31.2 Å². The lowest BCUT2D eigenvalue weighted by Gasteiger charge is -2.43. The molecule has 1 aromatic rings. The van der Waals surface area contributed by atoms with Gasteiger partial charge in [0, 0.05) is 45.6 Å². The molecule has 0 aromatic heterocycles. The number of halogens is 1. The van der Waals surface area contributed by atoms with Gasteiger partial charge in [0.2, 0.25) is 0 Å². The van der Waals surface area contributed by atoms with Crippen molar-refractivity contribution in [1.82, 2.24) is 15.1 Å². The number of hydrogen-bond acceptors (Lipinski definition) is 5. The van der Waals surface area contributed by atoms with E-state index in [1.165, 1.54) is 12.1 Å². The number of nitrogens with one attached hydrogen (secondary N) is 1. The average Bonchev–Trinajstić information content (AvgIpc) is 3.04. The Bertz CT molecular complexity index is 748. The molecule has 2 N–H and O–H groups in total. The van der Waals surface area contributed by atoms with Crippen molar-refractivity contribution in [2.75, 3.05) is 32.7 Å². The van der Waals surface area contributed by atoms with Gasteiger partial charge in [-0.05, 0) is 30.5 Å². The minimum absolute atomic E-state index is 0.266. The Morgan fingerprint density at radius 1 is 1.11 bits per heavy atom. The van der Waals surface area contributed by atoms with Gasteiger partial charge >= 0.3 is 6.09 Å². The molecule has 152 valence electrons. The third kappa shape index (κ3) is 3.84. The smallest absolute Gasteiger partial charge is 0.407 e. The number of aliphatic hydroxyl groups is 1. The first kappa shape index (κ1) is 19.1. The highest BCUT2D eigenvalue weighted by atomic mass is 19.1.